The van der Waals surface area contributed by atoms with Crippen LogP contribution in [0.5, 0.6) is 17.5 Å². The molecule has 3 rings (SSSR count). The van der Waals surface area contributed by atoms with Crippen molar-refractivity contribution in [2.45, 2.75) is 47.1 Å². The Kier molecular flexibility index (Phi) is 10.9. The first-order valence-corrected chi connectivity index (χ1v) is 11.9. The van der Waals surface area contributed by atoms with Crippen molar-refractivity contribution in [3.05, 3.63) is 47.5 Å². The van der Waals surface area contributed by atoms with Crippen LogP contribution in [0.1, 0.15) is 41.0 Å². The second kappa shape index (κ2) is 13.9. The maximum Gasteiger partial charge on any atom is 0.316 e. The number of anilines is 1. The lowest BCUT2D eigenvalue weighted by atomic mass is 10.1. The summed E-state index contributed by atoms with van der Waals surface area (Å²) >= 11 is 0. The average molecular weight is 480 g/mol. The standard InChI is InChI=1S/C25H31N5O3.C2H6/c1-7-9-30(19-11-20(31-4)13-21(12-19)32-5)17(3)10-23-22(8-2)26-16-24(29-23)18-14-27-25(33-6)28-15-18;1-2/h8,10-17H,7,9H2,1-6H3;1-2H3/b22-8+,23-10+;. The highest BCUT2D eigenvalue weighted by Gasteiger charge is 2.15. The number of benzene rings is 1. The number of methoxy groups -OCH3 is 3. The van der Waals surface area contributed by atoms with Crippen LogP contribution in [-0.4, -0.2) is 53.9 Å². The van der Waals surface area contributed by atoms with Crippen LogP contribution in [0.25, 0.3) is 23.4 Å². The number of ether oxygens (including phenoxy) is 3. The molecule has 0 spiro atoms. The molecule has 0 radical (unpaired) electrons. The molecule has 0 fully saturated rings. The Hall–Kier alpha value is -3.68. The molecule has 0 bridgehead atoms. The van der Waals surface area contributed by atoms with Crippen LogP contribution in [0.4, 0.5) is 5.69 Å². The van der Waals surface area contributed by atoms with Gasteiger partial charge in [-0.25, -0.2) is 15.0 Å². The smallest absolute Gasteiger partial charge is 0.316 e. The predicted octanol–water partition coefficient (Wildman–Crippen LogP) is 3.87. The zero-order chi connectivity index (χ0) is 25.8. The number of hydrogen-bond donors (Lipinski definition) is 0. The summed E-state index contributed by atoms with van der Waals surface area (Å²) < 4.78 is 16.0. The summed E-state index contributed by atoms with van der Waals surface area (Å²) in [5.74, 6) is 1.50. The van der Waals surface area contributed by atoms with Crippen molar-refractivity contribution < 1.29 is 14.2 Å². The van der Waals surface area contributed by atoms with Gasteiger partial charge in [0.05, 0.1) is 43.9 Å². The van der Waals surface area contributed by atoms with Gasteiger partial charge in [-0.1, -0.05) is 26.8 Å². The largest absolute Gasteiger partial charge is 0.497 e. The summed E-state index contributed by atoms with van der Waals surface area (Å²) in [6.45, 7) is 11.1. The van der Waals surface area contributed by atoms with Crippen LogP contribution >= 0.6 is 0 Å². The molecule has 8 nitrogen and oxygen atoms in total. The molecule has 35 heavy (non-hydrogen) atoms. The minimum absolute atomic E-state index is 0.0390. The minimum Gasteiger partial charge on any atom is -0.497 e. The van der Waals surface area contributed by atoms with Crippen LogP contribution in [0.2, 0.25) is 0 Å². The van der Waals surface area contributed by atoms with E-state index in [-0.39, 0.29) is 6.04 Å². The predicted molar refractivity (Wildman–Crippen MR) is 141 cm³/mol. The van der Waals surface area contributed by atoms with Gasteiger partial charge in [0.15, 0.2) is 0 Å². The Morgan fingerprint density at radius 2 is 1.51 bits per heavy atom. The molecule has 8 heteroatoms. The molecule has 0 saturated heterocycles. The van der Waals surface area contributed by atoms with E-state index in [0.29, 0.717) is 11.7 Å². The van der Waals surface area contributed by atoms with E-state index >= 15 is 0 Å². The maximum atomic E-state index is 5.48. The lowest BCUT2D eigenvalue weighted by molar-refractivity contribution is 0.380. The second-order valence-electron chi connectivity index (χ2n) is 7.44. The SMILES string of the molecule is C/C=c1/ncc(-c2cnc(OC)nc2)n/c1=C/C(C)N(CCC)c1cc(OC)cc(OC)c1.CC. The molecule has 188 valence electrons. The summed E-state index contributed by atoms with van der Waals surface area (Å²) in [6, 6.07) is 6.27. The monoisotopic (exact) mass is 479 g/mol. The van der Waals surface area contributed by atoms with Gasteiger partial charge in [-0.2, -0.15) is 0 Å². The van der Waals surface area contributed by atoms with E-state index in [9.17, 15) is 0 Å². The molecule has 2 heterocycles. The van der Waals surface area contributed by atoms with Crippen molar-refractivity contribution in [3.8, 4) is 28.8 Å². The zero-order valence-electron chi connectivity index (χ0n) is 22.1. The number of aromatic nitrogens is 4. The van der Waals surface area contributed by atoms with Crippen molar-refractivity contribution in [1.29, 1.82) is 0 Å². The zero-order valence-corrected chi connectivity index (χ0v) is 22.1. The van der Waals surface area contributed by atoms with Crippen molar-refractivity contribution >= 4 is 17.8 Å². The highest BCUT2D eigenvalue weighted by molar-refractivity contribution is 5.59. The van der Waals surface area contributed by atoms with Gasteiger partial charge < -0.3 is 19.1 Å². The fourth-order valence-corrected chi connectivity index (χ4v) is 3.54. The van der Waals surface area contributed by atoms with Crippen molar-refractivity contribution in [2.75, 3.05) is 32.8 Å². The molecule has 1 unspecified atom stereocenters. The second-order valence-corrected chi connectivity index (χ2v) is 7.44. The number of rotatable bonds is 9. The van der Waals surface area contributed by atoms with E-state index < -0.39 is 0 Å². The van der Waals surface area contributed by atoms with E-state index in [2.05, 4.69) is 39.8 Å². The minimum atomic E-state index is 0.0390. The maximum absolute atomic E-state index is 5.48. The van der Waals surface area contributed by atoms with Gasteiger partial charge in [-0.3, -0.25) is 4.98 Å². The Bertz CT molecular complexity index is 1160. The van der Waals surface area contributed by atoms with Gasteiger partial charge in [0.25, 0.3) is 0 Å². The quantitative estimate of drug-likeness (QED) is 0.457. The Balaban J connectivity index is 0.00000210. The molecular formula is C27H37N5O3. The summed E-state index contributed by atoms with van der Waals surface area (Å²) in [5, 5.41) is 1.62. The van der Waals surface area contributed by atoms with Gasteiger partial charge in [-0.05, 0) is 26.3 Å². The third-order valence-corrected chi connectivity index (χ3v) is 5.23. The summed E-state index contributed by atoms with van der Waals surface area (Å²) in [6.07, 6.45) is 10.2. The summed E-state index contributed by atoms with van der Waals surface area (Å²) in [7, 11) is 4.85. The van der Waals surface area contributed by atoms with Crippen LogP contribution in [0.3, 0.4) is 0 Å². The van der Waals surface area contributed by atoms with Crippen LogP contribution in [0.15, 0.2) is 36.8 Å². The van der Waals surface area contributed by atoms with E-state index in [1.165, 1.54) is 7.11 Å². The van der Waals surface area contributed by atoms with Crippen molar-refractivity contribution in [3.63, 3.8) is 0 Å². The van der Waals surface area contributed by atoms with Gasteiger partial charge in [0.1, 0.15) is 11.5 Å². The Labute approximate surface area is 208 Å². The number of nitrogens with zero attached hydrogens (tertiary/aromatic N) is 5. The normalized spacial score (nSPS) is 12.5. The molecule has 0 aliphatic carbocycles. The molecule has 0 N–H and O–H groups in total. The first-order chi connectivity index (χ1) is 17.0. The van der Waals surface area contributed by atoms with Gasteiger partial charge >= 0.3 is 6.01 Å². The third-order valence-electron chi connectivity index (χ3n) is 5.23. The lowest BCUT2D eigenvalue weighted by Crippen LogP contribution is -2.38. The van der Waals surface area contributed by atoms with E-state index in [0.717, 1.165) is 46.4 Å². The first kappa shape index (κ1) is 27.6. The van der Waals surface area contributed by atoms with E-state index in [1.807, 2.05) is 45.0 Å². The van der Waals surface area contributed by atoms with E-state index in [4.69, 9.17) is 19.2 Å². The van der Waals surface area contributed by atoms with Gasteiger partial charge in [-0.15, -0.1) is 0 Å². The van der Waals surface area contributed by atoms with Gasteiger partial charge in [0, 0.05) is 54.4 Å². The first-order valence-electron chi connectivity index (χ1n) is 11.9. The summed E-state index contributed by atoms with van der Waals surface area (Å²) in [4.78, 5) is 20.1. The van der Waals surface area contributed by atoms with Gasteiger partial charge in [0.2, 0.25) is 0 Å². The molecule has 2 aromatic heterocycles. The molecular weight excluding hydrogens is 442 g/mol. The van der Waals surface area contributed by atoms with Crippen LogP contribution < -0.4 is 29.8 Å². The van der Waals surface area contributed by atoms with Crippen LogP contribution in [-0.2, 0) is 0 Å². The van der Waals surface area contributed by atoms with Crippen molar-refractivity contribution in [2.24, 2.45) is 0 Å². The van der Waals surface area contributed by atoms with Crippen molar-refractivity contribution in [1.82, 2.24) is 19.9 Å². The molecule has 0 saturated carbocycles. The highest BCUT2D eigenvalue weighted by Crippen LogP contribution is 2.30. The third kappa shape index (κ3) is 7.15. The Morgan fingerprint density at radius 1 is 0.886 bits per heavy atom. The summed E-state index contributed by atoms with van der Waals surface area (Å²) in [5.41, 5.74) is 2.49. The topological polar surface area (TPSA) is 82.5 Å². The molecule has 3 aromatic rings. The lowest BCUT2D eigenvalue weighted by Gasteiger charge is -2.30. The molecule has 0 aliphatic heterocycles. The molecule has 0 amide bonds. The molecule has 1 aromatic carbocycles. The Morgan fingerprint density at radius 3 is 2.03 bits per heavy atom. The van der Waals surface area contributed by atoms with Crippen LogP contribution in [0, 0.1) is 0 Å². The molecule has 0 aliphatic rings. The van der Waals surface area contributed by atoms with E-state index in [1.54, 1.807) is 32.8 Å². The molecule has 1 atom stereocenters. The number of hydrogen-bond acceptors (Lipinski definition) is 8. The average Bonchev–Trinajstić information content (AvgIpc) is 2.92. The highest BCUT2D eigenvalue weighted by atomic mass is 16.5. The fraction of sp³-hybridized carbons (Fsp3) is 0.407. The fourth-order valence-electron chi connectivity index (χ4n) is 3.54.